The van der Waals surface area contributed by atoms with Crippen molar-refractivity contribution in [2.24, 2.45) is 5.92 Å². The van der Waals surface area contributed by atoms with Crippen LogP contribution in [0.1, 0.15) is 32.1 Å². The van der Waals surface area contributed by atoms with Crippen molar-refractivity contribution in [3.05, 3.63) is 0 Å². The number of aliphatic hydroxyl groups excluding tert-OH is 1. The molecule has 80 valence electrons. The average molecular weight is 199 g/mol. The van der Waals surface area contributed by atoms with Gasteiger partial charge in [-0.25, -0.2) is 5.06 Å². The molecule has 1 saturated heterocycles. The lowest BCUT2D eigenvalue weighted by Gasteiger charge is -2.16. The molecule has 1 saturated carbocycles. The minimum atomic E-state index is -0.498. The lowest BCUT2D eigenvalue weighted by Crippen LogP contribution is -2.29. The smallest absolute Gasteiger partial charge is 0.246 e. The fourth-order valence-electron chi connectivity index (χ4n) is 2.21. The summed E-state index contributed by atoms with van der Waals surface area (Å²) in [4.78, 5) is 16.7. The Morgan fingerprint density at radius 1 is 1.43 bits per heavy atom. The molecule has 2 aliphatic rings. The molecule has 1 heterocycles. The van der Waals surface area contributed by atoms with Gasteiger partial charge < -0.3 is 5.11 Å². The summed E-state index contributed by atoms with van der Waals surface area (Å²) in [7, 11) is 0. The van der Waals surface area contributed by atoms with E-state index in [4.69, 9.17) is 4.84 Å². The van der Waals surface area contributed by atoms with Crippen LogP contribution in [0.4, 0.5) is 0 Å². The molecule has 2 fully saturated rings. The van der Waals surface area contributed by atoms with Crippen molar-refractivity contribution < 1.29 is 14.7 Å². The van der Waals surface area contributed by atoms with E-state index < -0.39 is 6.10 Å². The Morgan fingerprint density at radius 3 is 2.71 bits per heavy atom. The molecule has 1 aliphatic heterocycles. The highest BCUT2D eigenvalue weighted by atomic mass is 16.7. The number of rotatable bonds is 2. The second-order valence-electron chi connectivity index (χ2n) is 4.26. The van der Waals surface area contributed by atoms with Crippen LogP contribution in [0.3, 0.4) is 0 Å². The highest BCUT2D eigenvalue weighted by Crippen LogP contribution is 2.28. The minimum Gasteiger partial charge on any atom is -0.389 e. The van der Waals surface area contributed by atoms with Crippen molar-refractivity contribution in [3.63, 3.8) is 0 Å². The number of aliphatic hydroxyl groups is 1. The van der Waals surface area contributed by atoms with Crippen molar-refractivity contribution in [3.8, 4) is 0 Å². The van der Waals surface area contributed by atoms with Gasteiger partial charge in [0.05, 0.1) is 12.6 Å². The Labute approximate surface area is 83.8 Å². The van der Waals surface area contributed by atoms with E-state index in [2.05, 4.69) is 0 Å². The maximum Gasteiger partial charge on any atom is 0.246 e. The van der Waals surface area contributed by atoms with E-state index in [1.54, 1.807) is 0 Å². The van der Waals surface area contributed by atoms with Crippen molar-refractivity contribution in [2.45, 2.75) is 38.2 Å². The zero-order valence-corrected chi connectivity index (χ0v) is 8.32. The summed E-state index contributed by atoms with van der Waals surface area (Å²) in [6.07, 6.45) is 4.93. The standard InChI is InChI=1S/C10H17NO3/c12-9-6-11(14-7-9)10(13)5-8-3-1-2-4-8/h8-9,12H,1-7H2/t9-/m0/s1. The first-order valence-corrected chi connectivity index (χ1v) is 5.37. The van der Waals surface area contributed by atoms with Gasteiger partial charge in [0.15, 0.2) is 0 Å². The number of hydrogen-bond donors (Lipinski definition) is 1. The van der Waals surface area contributed by atoms with Crippen LogP contribution >= 0.6 is 0 Å². The van der Waals surface area contributed by atoms with Crippen molar-refractivity contribution >= 4 is 5.91 Å². The molecule has 2 rings (SSSR count). The predicted molar refractivity (Wildman–Crippen MR) is 50.2 cm³/mol. The maximum absolute atomic E-state index is 11.6. The van der Waals surface area contributed by atoms with E-state index in [1.807, 2.05) is 0 Å². The molecule has 0 aromatic heterocycles. The number of β-amino-alcohol motifs (C(OH)–C–C–N with tert-alkyl or cyclic N) is 1. The molecule has 0 spiro atoms. The molecule has 4 heteroatoms. The molecule has 1 amide bonds. The van der Waals surface area contributed by atoms with Gasteiger partial charge in [0.1, 0.15) is 6.61 Å². The molecule has 1 N–H and O–H groups in total. The number of amides is 1. The van der Waals surface area contributed by atoms with E-state index in [-0.39, 0.29) is 12.5 Å². The molecule has 14 heavy (non-hydrogen) atoms. The summed E-state index contributed by atoms with van der Waals surface area (Å²) in [6, 6.07) is 0. The Balaban J connectivity index is 1.77. The van der Waals surface area contributed by atoms with Crippen LogP contribution in [0.15, 0.2) is 0 Å². The predicted octanol–water partition coefficient (Wildman–Crippen LogP) is 0.701. The van der Waals surface area contributed by atoms with Crippen LogP contribution in [-0.2, 0) is 9.63 Å². The van der Waals surface area contributed by atoms with Crippen LogP contribution in [0.5, 0.6) is 0 Å². The van der Waals surface area contributed by atoms with Crippen LogP contribution in [0, 0.1) is 5.92 Å². The van der Waals surface area contributed by atoms with Crippen molar-refractivity contribution in [1.82, 2.24) is 5.06 Å². The molecule has 0 unspecified atom stereocenters. The molecular formula is C10H17NO3. The molecule has 1 aliphatic carbocycles. The normalized spacial score (nSPS) is 28.6. The van der Waals surface area contributed by atoms with Crippen LogP contribution in [0.2, 0.25) is 0 Å². The number of carbonyl (C=O) groups excluding carboxylic acids is 1. The van der Waals surface area contributed by atoms with Gasteiger partial charge in [0, 0.05) is 6.42 Å². The third kappa shape index (κ3) is 2.25. The number of carbonyl (C=O) groups is 1. The molecule has 4 nitrogen and oxygen atoms in total. The summed E-state index contributed by atoms with van der Waals surface area (Å²) in [5, 5.41) is 10.5. The zero-order valence-electron chi connectivity index (χ0n) is 8.32. The second-order valence-corrected chi connectivity index (χ2v) is 4.26. The molecule has 0 bridgehead atoms. The number of hydroxylamine groups is 2. The molecule has 0 radical (unpaired) electrons. The first kappa shape index (κ1) is 9.93. The highest BCUT2D eigenvalue weighted by molar-refractivity contribution is 5.75. The quantitative estimate of drug-likeness (QED) is 0.712. The average Bonchev–Trinajstić information content (AvgIpc) is 2.75. The summed E-state index contributed by atoms with van der Waals surface area (Å²) < 4.78 is 0. The van der Waals surface area contributed by atoms with E-state index in [0.717, 1.165) is 0 Å². The fraction of sp³-hybridized carbons (Fsp3) is 0.900. The van der Waals surface area contributed by atoms with Gasteiger partial charge in [-0.05, 0) is 18.8 Å². The highest BCUT2D eigenvalue weighted by Gasteiger charge is 2.28. The third-order valence-electron chi connectivity index (χ3n) is 3.02. The fourth-order valence-corrected chi connectivity index (χ4v) is 2.21. The Hall–Kier alpha value is -0.610. The largest absolute Gasteiger partial charge is 0.389 e. The van der Waals surface area contributed by atoms with E-state index in [1.165, 1.54) is 30.7 Å². The first-order valence-electron chi connectivity index (χ1n) is 5.37. The van der Waals surface area contributed by atoms with Gasteiger partial charge >= 0.3 is 0 Å². The van der Waals surface area contributed by atoms with E-state index in [0.29, 0.717) is 18.9 Å². The van der Waals surface area contributed by atoms with Gasteiger partial charge in [0.25, 0.3) is 0 Å². The van der Waals surface area contributed by atoms with Gasteiger partial charge in [-0.1, -0.05) is 12.8 Å². The maximum atomic E-state index is 11.6. The molecular weight excluding hydrogens is 182 g/mol. The van der Waals surface area contributed by atoms with Crippen LogP contribution in [-0.4, -0.2) is 35.3 Å². The summed E-state index contributed by atoms with van der Waals surface area (Å²) in [6.45, 7) is 0.599. The molecule has 0 aromatic carbocycles. The third-order valence-corrected chi connectivity index (χ3v) is 3.02. The van der Waals surface area contributed by atoms with Gasteiger partial charge in [0.2, 0.25) is 5.91 Å². The summed E-state index contributed by atoms with van der Waals surface area (Å²) >= 11 is 0. The van der Waals surface area contributed by atoms with E-state index >= 15 is 0 Å². The molecule has 0 aromatic rings. The Morgan fingerprint density at radius 2 is 2.14 bits per heavy atom. The second kappa shape index (κ2) is 4.28. The van der Waals surface area contributed by atoms with Gasteiger partial charge in [-0.2, -0.15) is 0 Å². The number of hydrogen-bond acceptors (Lipinski definition) is 3. The zero-order chi connectivity index (χ0) is 9.97. The monoisotopic (exact) mass is 199 g/mol. The topological polar surface area (TPSA) is 49.8 Å². The Kier molecular flexibility index (Phi) is 3.03. The summed E-state index contributed by atoms with van der Waals surface area (Å²) in [5.41, 5.74) is 0. The number of nitrogens with zero attached hydrogens (tertiary/aromatic N) is 1. The molecule has 1 atom stereocenters. The van der Waals surface area contributed by atoms with E-state index in [9.17, 15) is 9.90 Å². The minimum absolute atomic E-state index is 0.0356. The van der Waals surface area contributed by atoms with Gasteiger partial charge in [-0.15, -0.1) is 0 Å². The van der Waals surface area contributed by atoms with Crippen molar-refractivity contribution in [2.75, 3.05) is 13.2 Å². The van der Waals surface area contributed by atoms with Crippen LogP contribution < -0.4 is 0 Å². The lowest BCUT2D eigenvalue weighted by molar-refractivity contribution is -0.169. The SMILES string of the molecule is O=C(CC1CCCC1)N1C[C@H](O)CO1. The Bertz CT molecular complexity index is 213. The van der Waals surface area contributed by atoms with Crippen molar-refractivity contribution in [1.29, 1.82) is 0 Å². The summed E-state index contributed by atoms with van der Waals surface area (Å²) in [5.74, 6) is 0.581. The van der Waals surface area contributed by atoms with Crippen LogP contribution in [0.25, 0.3) is 0 Å². The lowest BCUT2D eigenvalue weighted by atomic mass is 10.0. The first-order chi connectivity index (χ1) is 6.75. The van der Waals surface area contributed by atoms with Gasteiger partial charge in [-0.3, -0.25) is 9.63 Å².